The van der Waals surface area contributed by atoms with Gasteiger partial charge in [0.05, 0.1) is 11.9 Å². The molecule has 6 heteroatoms. The Labute approximate surface area is 90.2 Å². The Bertz CT molecular complexity index is 411. The second kappa shape index (κ2) is 4.76. The van der Waals surface area contributed by atoms with Crippen molar-refractivity contribution in [3.63, 3.8) is 0 Å². The Balaban J connectivity index is 2.37. The van der Waals surface area contributed by atoms with Gasteiger partial charge >= 0.3 is 0 Å². The molecule has 0 amide bonds. The molecule has 1 atom stereocenters. The van der Waals surface area contributed by atoms with Crippen LogP contribution >= 0.6 is 0 Å². The van der Waals surface area contributed by atoms with Crippen molar-refractivity contribution in [2.45, 2.75) is 18.9 Å². The fourth-order valence-electron chi connectivity index (χ4n) is 1.43. The molecule has 15 heavy (non-hydrogen) atoms. The van der Waals surface area contributed by atoms with Crippen LogP contribution in [0.1, 0.15) is 12.0 Å². The highest BCUT2D eigenvalue weighted by molar-refractivity contribution is 7.90. The van der Waals surface area contributed by atoms with Crippen LogP contribution in [0.15, 0.2) is 12.4 Å². The van der Waals surface area contributed by atoms with Crippen LogP contribution in [-0.4, -0.2) is 36.2 Å². The van der Waals surface area contributed by atoms with Gasteiger partial charge in [0, 0.05) is 25.5 Å². The van der Waals surface area contributed by atoms with E-state index in [0.29, 0.717) is 6.42 Å². The van der Waals surface area contributed by atoms with Crippen LogP contribution in [0.5, 0.6) is 0 Å². The fourth-order valence-corrected chi connectivity index (χ4v) is 2.37. The third-order valence-corrected chi connectivity index (χ3v) is 3.11. The largest absolute Gasteiger partial charge is 0.327 e. The summed E-state index contributed by atoms with van der Waals surface area (Å²) in [5.74, 6) is 0.0489. The number of hydrogen-bond donors (Lipinski definition) is 1. The topological polar surface area (TPSA) is 78.0 Å². The molecule has 1 rings (SSSR count). The monoisotopic (exact) mass is 231 g/mol. The van der Waals surface area contributed by atoms with Crippen molar-refractivity contribution in [2.75, 3.05) is 12.0 Å². The lowest BCUT2D eigenvalue weighted by atomic mass is 10.1. The van der Waals surface area contributed by atoms with Crippen molar-refractivity contribution in [3.8, 4) is 0 Å². The number of aromatic nitrogens is 2. The zero-order valence-corrected chi connectivity index (χ0v) is 9.87. The summed E-state index contributed by atoms with van der Waals surface area (Å²) in [5, 5.41) is 4.03. The van der Waals surface area contributed by atoms with E-state index in [9.17, 15) is 8.42 Å². The minimum Gasteiger partial charge on any atom is -0.327 e. The second-order valence-electron chi connectivity index (χ2n) is 3.91. The Morgan fingerprint density at radius 1 is 1.60 bits per heavy atom. The van der Waals surface area contributed by atoms with E-state index in [1.165, 1.54) is 6.26 Å². The van der Waals surface area contributed by atoms with Gasteiger partial charge in [-0.2, -0.15) is 5.10 Å². The summed E-state index contributed by atoms with van der Waals surface area (Å²) in [6.07, 6.45) is 6.32. The number of rotatable bonds is 5. The molecular formula is C9H17N3O2S. The first-order chi connectivity index (χ1) is 6.87. The highest BCUT2D eigenvalue weighted by Crippen LogP contribution is 2.04. The van der Waals surface area contributed by atoms with Gasteiger partial charge < -0.3 is 5.73 Å². The highest BCUT2D eigenvalue weighted by Gasteiger charge is 2.11. The highest BCUT2D eigenvalue weighted by atomic mass is 32.2. The molecule has 0 aliphatic carbocycles. The quantitative estimate of drug-likeness (QED) is 0.756. The van der Waals surface area contributed by atoms with Gasteiger partial charge in [-0.15, -0.1) is 0 Å². The van der Waals surface area contributed by atoms with Crippen LogP contribution in [-0.2, 0) is 23.3 Å². The van der Waals surface area contributed by atoms with Gasteiger partial charge in [0.1, 0.15) is 9.84 Å². The summed E-state index contributed by atoms with van der Waals surface area (Å²) in [4.78, 5) is 0. The minimum atomic E-state index is -2.97. The first-order valence-electron chi connectivity index (χ1n) is 4.77. The fraction of sp³-hybridized carbons (Fsp3) is 0.667. The molecule has 2 N–H and O–H groups in total. The molecule has 0 aliphatic rings. The molecule has 0 aromatic carbocycles. The molecular weight excluding hydrogens is 214 g/mol. The Hall–Kier alpha value is -0.880. The maximum atomic E-state index is 11.0. The van der Waals surface area contributed by atoms with Gasteiger partial charge in [-0.25, -0.2) is 8.42 Å². The lowest BCUT2D eigenvalue weighted by molar-refractivity contribution is 0.584. The first kappa shape index (κ1) is 12.2. The maximum Gasteiger partial charge on any atom is 0.148 e. The summed E-state index contributed by atoms with van der Waals surface area (Å²) in [6, 6.07) is -0.291. The van der Waals surface area contributed by atoms with E-state index in [4.69, 9.17) is 5.73 Å². The van der Waals surface area contributed by atoms with Gasteiger partial charge in [0.25, 0.3) is 0 Å². The molecule has 1 unspecified atom stereocenters. The maximum absolute atomic E-state index is 11.0. The number of sulfone groups is 1. The van der Waals surface area contributed by atoms with E-state index >= 15 is 0 Å². The molecule has 1 heterocycles. The zero-order chi connectivity index (χ0) is 11.5. The molecule has 0 radical (unpaired) electrons. The number of nitrogens with zero attached hydrogens (tertiary/aromatic N) is 2. The van der Waals surface area contributed by atoms with Crippen LogP contribution in [0.25, 0.3) is 0 Å². The summed E-state index contributed by atoms with van der Waals surface area (Å²) < 4.78 is 23.6. The number of nitrogens with two attached hydrogens (primary N) is 1. The Kier molecular flexibility index (Phi) is 3.87. The van der Waals surface area contributed by atoms with Crippen molar-refractivity contribution in [1.29, 1.82) is 0 Å². The van der Waals surface area contributed by atoms with Crippen LogP contribution in [0, 0.1) is 0 Å². The standard InChI is InChI=1S/C9H17N3O2S/c1-12-6-8(5-11-12)3-4-9(10)7-15(2,13)14/h5-6,9H,3-4,7,10H2,1-2H3. The lowest BCUT2D eigenvalue weighted by Crippen LogP contribution is -2.29. The van der Waals surface area contributed by atoms with Crippen LogP contribution < -0.4 is 5.73 Å². The van der Waals surface area contributed by atoms with Gasteiger partial charge in [0.2, 0.25) is 0 Å². The third kappa shape index (κ3) is 4.94. The molecule has 1 aromatic rings. The summed E-state index contributed by atoms with van der Waals surface area (Å²) in [6.45, 7) is 0. The van der Waals surface area contributed by atoms with Crippen LogP contribution in [0.2, 0.25) is 0 Å². The van der Waals surface area contributed by atoms with Gasteiger partial charge in [-0.1, -0.05) is 0 Å². The second-order valence-corrected chi connectivity index (χ2v) is 6.10. The van der Waals surface area contributed by atoms with Gasteiger partial charge in [0.15, 0.2) is 0 Å². The Morgan fingerprint density at radius 2 is 2.27 bits per heavy atom. The Morgan fingerprint density at radius 3 is 2.73 bits per heavy atom. The van der Waals surface area contributed by atoms with E-state index < -0.39 is 9.84 Å². The van der Waals surface area contributed by atoms with E-state index in [1.54, 1.807) is 10.9 Å². The average Bonchev–Trinajstić information content (AvgIpc) is 2.45. The predicted molar refractivity (Wildman–Crippen MR) is 59.2 cm³/mol. The van der Waals surface area contributed by atoms with Crippen LogP contribution in [0.4, 0.5) is 0 Å². The SMILES string of the molecule is Cn1cc(CCC(N)CS(C)(=O)=O)cn1. The molecule has 0 saturated heterocycles. The van der Waals surface area contributed by atoms with E-state index in [1.807, 2.05) is 13.2 Å². The lowest BCUT2D eigenvalue weighted by Gasteiger charge is -2.08. The summed E-state index contributed by atoms with van der Waals surface area (Å²) in [7, 11) is -1.12. The van der Waals surface area contributed by atoms with Crippen molar-refractivity contribution < 1.29 is 8.42 Å². The predicted octanol–water partition coefficient (Wildman–Crippen LogP) is -0.275. The molecule has 0 spiro atoms. The molecule has 86 valence electrons. The first-order valence-corrected chi connectivity index (χ1v) is 6.84. The number of aryl methyl sites for hydroxylation is 2. The van der Waals surface area contributed by atoms with E-state index in [-0.39, 0.29) is 11.8 Å². The normalized spacial score (nSPS) is 14.1. The average molecular weight is 231 g/mol. The molecule has 0 saturated carbocycles. The summed E-state index contributed by atoms with van der Waals surface area (Å²) >= 11 is 0. The van der Waals surface area contributed by atoms with Crippen molar-refractivity contribution in [3.05, 3.63) is 18.0 Å². The van der Waals surface area contributed by atoms with E-state index in [0.717, 1.165) is 12.0 Å². The van der Waals surface area contributed by atoms with Gasteiger partial charge in [-0.05, 0) is 18.4 Å². The van der Waals surface area contributed by atoms with Crippen LogP contribution in [0.3, 0.4) is 0 Å². The zero-order valence-electron chi connectivity index (χ0n) is 9.05. The molecule has 0 fully saturated rings. The summed E-state index contributed by atoms with van der Waals surface area (Å²) in [5.41, 5.74) is 6.79. The minimum absolute atomic E-state index is 0.0489. The molecule has 5 nitrogen and oxygen atoms in total. The molecule has 0 aliphatic heterocycles. The smallest absolute Gasteiger partial charge is 0.148 e. The number of hydrogen-bond acceptors (Lipinski definition) is 4. The third-order valence-electron chi connectivity index (χ3n) is 2.08. The van der Waals surface area contributed by atoms with Crippen molar-refractivity contribution in [1.82, 2.24) is 9.78 Å². The van der Waals surface area contributed by atoms with E-state index in [2.05, 4.69) is 5.10 Å². The molecule has 0 bridgehead atoms. The van der Waals surface area contributed by atoms with Crippen molar-refractivity contribution in [2.24, 2.45) is 12.8 Å². The van der Waals surface area contributed by atoms with Crippen molar-refractivity contribution >= 4 is 9.84 Å². The molecule has 1 aromatic heterocycles. The van der Waals surface area contributed by atoms with Gasteiger partial charge in [-0.3, -0.25) is 4.68 Å².